The number of hydrogen-bond donors (Lipinski definition) is 0. The standard InChI is InChI=1S/C14H18FN3O2/c1-14(2)9-18(11-7-5-10(15)6-8-11)16-12(14)20-13(19)17(3)4/h5-8H,9H2,1-4H3. The monoisotopic (exact) mass is 279 g/mol. The quantitative estimate of drug-likeness (QED) is 0.794. The van der Waals surface area contributed by atoms with Gasteiger partial charge in [0.25, 0.3) is 0 Å². The minimum absolute atomic E-state index is 0.296. The molecule has 0 bridgehead atoms. The molecule has 1 aliphatic rings. The third-order valence-electron chi connectivity index (χ3n) is 3.01. The lowest BCUT2D eigenvalue weighted by Crippen LogP contribution is -2.33. The topological polar surface area (TPSA) is 45.1 Å². The number of anilines is 1. The third-order valence-corrected chi connectivity index (χ3v) is 3.01. The Bertz CT molecular complexity index is 538. The lowest BCUT2D eigenvalue weighted by atomic mass is 9.94. The van der Waals surface area contributed by atoms with Gasteiger partial charge in [0.15, 0.2) is 0 Å². The zero-order valence-corrected chi connectivity index (χ0v) is 12.1. The number of amides is 1. The second-order valence-corrected chi connectivity index (χ2v) is 5.59. The maximum absolute atomic E-state index is 12.9. The summed E-state index contributed by atoms with van der Waals surface area (Å²) >= 11 is 0. The summed E-state index contributed by atoms with van der Waals surface area (Å²) in [5, 5.41) is 6.03. The van der Waals surface area contributed by atoms with Crippen molar-refractivity contribution in [2.45, 2.75) is 13.8 Å². The third kappa shape index (κ3) is 2.89. The van der Waals surface area contributed by atoms with Crippen LogP contribution in [0, 0.1) is 11.2 Å². The highest BCUT2D eigenvalue weighted by Crippen LogP contribution is 2.31. The summed E-state index contributed by atoms with van der Waals surface area (Å²) in [7, 11) is 3.23. The van der Waals surface area contributed by atoms with Crippen molar-refractivity contribution in [3.8, 4) is 0 Å². The van der Waals surface area contributed by atoms with E-state index in [0.717, 1.165) is 5.69 Å². The van der Waals surface area contributed by atoms with Crippen molar-refractivity contribution < 1.29 is 13.9 Å². The molecular formula is C14H18FN3O2. The molecule has 108 valence electrons. The van der Waals surface area contributed by atoms with Crippen LogP contribution in [0.5, 0.6) is 0 Å². The molecule has 1 aromatic carbocycles. The molecule has 6 heteroatoms. The summed E-state index contributed by atoms with van der Waals surface area (Å²) in [6, 6.07) is 6.04. The fourth-order valence-corrected chi connectivity index (χ4v) is 1.82. The number of halogens is 1. The number of benzene rings is 1. The first-order valence-electron chi connectivity index (χ1n) is 6.31. The summed E-state index contributed by atoms with van der Waals surface area (Å²) in [5.41, 5.74) is 0.371. The van der Waals surface area contributed by atoms with E-state index in [1.165, 1.54) is 17.0 Å². The van der Waals surface area contributed by atoms with Crippen molar-refractivity contribution in [3.63, 3.8) is 0 Å². The Morgan fingerprint density at radius 2 is 1.95 bits per heavy atom. The minimum atomic E-state index is -0.460. The molecule has 1 aliphatic heterocycles. The lowest BCUT2D eigenvalue weighted by molar-refractivity contribution is 0.163. The first-order valence-corrected chi connectivity index (χ1v) is 6.31. The van der Waals surface area contributed by atoms with Crippen LogP contribution >= 0.6 is 0 Å². The molecule has 0 aliphatic carbocycles. The number of carbonyl (C=O) groups excluding carboxylic acids is 1. The number of hydrogen-bond acceptors (Lipinski definition) is 4. The molecule has 1 aromatic rings. The van der Waals surface area contributed by atoms with Crippen LogP contribution < -0.4 is 5.01 Å². The van der Waals surface area contributed by atoms with E-state index in [0.29, 0.717) is 12.4 Å². The summed E-state index contributed by atoms with van der Waals surface area (Å²) in [6.45, 7) is 4.45. The minimum Gasteiger partial charge on any atom is -0.393 e. The molecule has 0 saturated heterocycles. The van der Waals surface area contributed by atoms with Crippen LogP contribution in [-0.4, -0.2) is 37.5 Å². The van der Waals surface area contributed by atoms with E-state index >= 15 is 0 Å². The predicted molar refractivity (Wildman–Crippen MR) is 75.1 cm³/mol. The number of rotatable bonds is 1. The van der Waals surface area contributed by atoms with Crippen LogP contribution in [-0.2, 0) is 4.74 Å². The summed E-state index contributed by atoms with van der Waals surface area (Å²) < 4.78 is 18.2. The van der Waals surface area contributed by atoms with Crippen molar-refractivity contribution in [1.29, 1.82) is 0 Å². The van der Waals surface area contributed by atoms with Crippen LogP contribution in [0.4, 0.5) is 14.9 Å². The van der Waals surface area contributed by atoms with Gasteiger partial charge in [-0.1, -0.05) is 0 Å². The maximum Gasteiger partial charge on any atom is 0.415 e. The van der Waals surface area contributed by atoms with E-state index in [4.69, 9.17) is 4.74 Å². The molecule has 1 amide bonds. The fourth-order valence-electron chi connectivity index (χ4n) is 1.82. The molecule has 20 heavy (non-hydrogen) atoms. The second kappa shape index (κ2) is 5.11. The van der Waals surface area contributed by atoms with Crippen molar-refractivity contribution in [2.75, 3.05) is 25.6 Å². The van der Waals surface area contributed by atoms with E-state index in [1.807, 2.05) is 13.8 Å². The van der Waals surface area contributed by atoms with E-state index in [2.05, 4.69) is 5.10 Å². The highest BCUT2D eigenvalue weighted by Gasteiger charge is 2.38. The van der Waals surface area contributed by atoms with Gasteiger partial charge in [0.1, 0.15) is 5.82 Å². The molecule has 0 aromatic heterocycles. The van der Waals surface area contributed by atoms with Crippen LogP contribution in [0.3, 0.4) is 0 Å². The Hall–Kier alpha value is -2.11. The number of carbonyl (C=O) groups is 1. The number of hydrazone groups is 1. The van der Waals surface area contributed by atoms with Gasteiger partial charge < -0.3 is 9.64 Å². The van der Waals surface area contributed by atoms with Gasteiger partial charge in [-0.2, -0.15) is 0 Å². The molecular weight excluding hydrogens is 261 g/mol. The summed E-state index contributed by atoms with van der Waals surface area (Å²) in [4.78, 5) is 13.0. The van der Waals surface area contributed by atoms with Gasteiger partial charge >= 0.3 is 6.09 Å². The zero-order chi connectivity index (χ0) is 14.9. The average Bonchev–Trinajstić information content (AvgIpc) is 2.65. The van der Waals surface area contributed by atoms with Gasteiger partial charge in [-0.05, 0) is 38.1 Å². The summed E-state index contributed by atoms with van der Waals surface area (Å²) in [5.74, 6) is 0.0657. The molecule has 0 N–H and O–H groups in total. The van der Waals surface area contributed by atoms with Crippen molar-refractivity contribution >= 4 is 17.7 Å². The molecule has 2 rings (SSSR count). The van der Waals surface area contributed by atoms with Crippen molar-refractivity contribution in [3.05, 3.63) is 30.1 Å². The van der Waals surface area contributed by atoms with E-state index in [9.17, 15) is 9.18 Å². The second-order valence-electron chi connectivity index (χ2n) is 5.59. The van der Waals surface area contributed by atoms with E-state index < -0.39 is 6.09 Å². The Morgan fingerprint density at radius 1 is 1.35 bits per heavy atom. The van der Waals surface area contributed by atoms with Crippen LogP contribution in [0.25, 0.3) is 0 Å². The van der Waals surface area contributed by atoms with Gasteiger partial charge in [-0.15, -0.1) is 5.10 Å². The Morgan fingerprint density at radius 3 is 2.50 bits per heavy atom. The predicted octanol–water partition coefficient (Wildman–Crippen LogP) is 2.68. The van der Waals surface area contributed by atoms with Gasteiger partial charge in [0.2, 0.25) is 5.90 Å². The first-order chi connectivity index (χ1) is 9.29. The Balaban J connectivity index is 2.20. The van der Waals surface area contributed by atoms with E-state index in [1.54, 1.807) is 31.2 Å². The fraction of sp³-hybridized carbons (Fsp3) is 0.429. The van der Waals surface area contributed by atoms with Crippen LogP contribution in [0.1, 0.15) is 13.8 Å². The SMILES string of the molecule is CN(C)C(=O)OC1=NN(c2ccc(F)cc2)CC1(C)C. The van der Waals surface area contributed by atoms with Crippen molar-refractivity contribution in [1.82, 2.24) is 4.90 Å². The van der Waals surface area contributed by atoms with Gasteiger partial charge in [0.05, 0.1) is 17.6 Å². The molecule has 0 unspecified atom stereocenters. The highest BCUT2D eigenvalue weighted by atomic mass is 19.1. The molecule has 1 heterocycles. The zero-order valence-electron chi connectivity index (χ0n) is 12.1. The Labute approximate surface area is 117 Å². The van der Waals surface area contributed by atoms with Gasteiger partial charge in [-0.25, -0.2) is 9.18 Å². The van der Waals surface area contributed by atoms with Gasteiger partial charge in [-0.3, -0.25) is 5.01 Å². The maximum atomic E-state index is 12.9. The molecule has 0 radical (unpaired) electrons. The highest BCUT2D eigenvalue weighted by molar-refractivity contribution is 5.93. The number of nitrogens with zero attached hydrogens (tertiary/aromatic N) is 3. The lowest BCUT2D eigenvalue weighted by Gasteiger charge is -2.21. The Kier molecular flexibility index (Phi) is 3.65. The largest absolute Gasteiger partial charge is 0.415 e. The molecule has 0 saturated carbocycles. The van der Waals surface area contributed by atoms with Crippen LogP contribution in [0.15, 0.2) is 29.4 Å². The number of ether oxygens (including phenoxy) is 1. The molecule has 0 atom stereocenters. The van der Waals surface area contributed by atoms with E-state index in [-0.39, 0.29) is 11.2 Å². The smallest absolute Gasteiger partial charge is 0.393 e. The molecule has 0 spiro atoms. The van der Waals surface area contributed by atoms with Gasteiger partial charge in [0, 0.05) is 14.1 Å². The van der Waals surface area contributed by atoms with Crippen LogP contribution in [0.2, 0.25) is 0 Å². The summed E-state index contributed by atoms with van der Waals surface area (Å²) in [6.07, 6.45) is -0.460. The molecule has 5 nitrogen and oxygen atoms in total. The molecule has 0 fully saturated rings. The normalized spacial score (nSPS) is 16.9. The first kappa shape index (κ1) is 14.3. The average molecular weight is 279 g/mol. The van der Waals surface area contributed by atoms with Crippen molar-refractivity contribution in [2.24, 2.45) is 10.5 Å².